The lowest BCUT2D eigenvalue weighted by Crippen LogP contribution is -2.29. The Morgan fingerprint density at radius 2 is 2.31 bits per heavy atom. The molecule has 5 nitrogen and oxygen atoms in total. The van der Waals surface area contributed by atoms with Crippen molar-refractivity contribution in [2.24, 2.45) is 5.92 Å². The van der Waals surface area contributed by atoms with Crippen molar-refractivity contribution in [3.05, 3.63) is 12.7 Å². The van der Waals surface area contributed by atoms with Crippen molar-refractivity contribution in [1.82, 2.24) is 4.90 Å². The van der Waals surface area contributed by atoms with Crippen molar-refractivity contribution in [2.45, 2.75) is 19.3 Å². The van der Waals surface area contributed by atoms with Crippen LogP contribution in [0.15, 0.2) is 12.7 Å². The quantitative estimate of drug-likeness (QED) is 0.723. The molecule has 90 valence electrons. The molecular weight excluding hydrogens is 210 g/mol. The maximum atomic E-state index is 11.4. The van der Waals surface area contributed by atoms with Crippen LogP contribution in [-0.4, -0.2) is 41.8 Å². The van der Waals surface area contributed by atoms with Gasteiger partial charge < -0.3 is 14.7 Å². The van der Waals surface area contributed by atoms with Crippen LogP contribution in [0.3, 0.4) is 0 Å². The maximum Gasteiger partial charge on any atom is 0.410 e. The van der Waals surface area contributed by atoms with Gasteiger partial charge in [-0.1, -0.05) is 12.7 Å². The molecule has 1 N–H and O–H groups in total. The SMILES string of the molecule is C=CCOC(=O)N1CCC(CCC(=O)O)C1. The molecular formula is C11H17NO4. The number of carbonyl (C=O) groups is 2. The highest BCUT2D eigenvalue weighted by Crippen LogP contribution is 2.21. The first kappa shape index (κ1) is 12.5. The van der Waals surface area contributed by atoms with Crippen LogP contribution in [0, 0.1) is 5.92 Å². The Bertz CT molecular complexity index is 277. The highest BCUT2D eigenvalue weighted by Gasteiger charge is 2.27. The summed E-state index contributed by atoms with van der Waals surface area (Å²) in [4.78, 5) is 23.4. The maximum absolute atomic E-state index is 11.4. The van der Waals surface area contributed by atoms with Crippen molar-refractivity contribution in [3.8, 4) is 0 Å². The van der Waals surface area contributed by atoms with Gasteiger partial charge in [-0.3, -0.25) is 4.79 Å². The lowest BCUT2D eigenvalue weighted by molar-refractivity contribution is -0.137. The molecule has 1 rings (SSSR count). The first-order chi connectivity index (χ1) is 7.63. The van der Waals surface area contributed by atoms with Gasteiger partial charge in [0.2, 0.25) is 0 Å². The number of ether oxygens (including phenoxy) is 1. The molecule has 0 saturated carbocycles. The van der Waals surface area contributed by atoms with E-state index in [1.807, 2.05) is 0 Å². The van der Waals surface area contributed by atoms with Crippen LogP contribution in [0.4, 0.5) is 4.79 Å². The Hall–Kier alpha value is -1.52. The molecule has 1 atom stereocenters. The largest absolute Gasteiger partial charge is 0.481 e. The van der Waals surface area contributed by atoms with Gasteiger partial charge in [-0.15, -0.1) is 0 Å². The number of hydrogen-bond donors (Lipinski definition) is 1. The van der Waals surface area contributed by atoms with E-state index in [1.165, 1.54) is 6.08 Å². The molecule has 0 aliphatic carbocycles. The summed E-state index contributed by atoms with van der Waals surface area (Å²) in [5.41, 5.74) is 0. The molecule has 1 saturated heterocycles. The van der Waals surface area contributed by atoms with E-state index in [0.717, 1.165) is 6.42 Å². The highest BCUT2D eigenvalue weighted by atomic mass is 16.6. The summed E-state index contributed by atoms with van der Waals surface area (Å²) in [6.45, 7) is 4.93. The number of rotatable bonds is 5. The second kappa shape index (κ2) is 6.15. The molecule has 0 aromatic carbocycles. The predicted octanol–water partition coefficient (Wildman–Crippen LogP) is 1.50. The molecule has 0 bridgehead atoms. The van der Waals surface area contributed by atoms with E-state index in [1.54, 1.807) is 4.90 Å². The molecule has 0 spiro atoms. The predicted molar refractivity (Wildman–Crippen MR) is 58.1 cm³/mol. The van der Waals surface area contributed by atoms with Crippen molar-refractivity contribution in [1.29, 1.82) is 0 Å². The zero-order valence-corrected chi connectivity index (χ0v) is 9.22. The second-order valence-corrected chi connectivity index (χ2v) is 3.90. The van der Waals surface area contributed by atoms with Gasteiger partial charge in [0.1, 0.15) is 6.61 Å². The van der Waals surface area contributed by atoms with Gasteiger partial charge in [0.25, 0.3) is 0 Å². The number of hydrogen-bond acceptors (Lipinski definition) is 3. The molecule has 1 aliphatic rings. The topological polar surface area (TPSA) is 66.8 Å². The summed E-state index contributed by atoms with van der Waals surface area (Å²) < 4.78 is 4.90. The van der Waals surface area contributed by atoms with Crippen molar-refractivity contribution in [3.63, 3.8) is 0 Å². The fourth-order valence-electron chi connectivity index (χ4n) is 1.78. The van der Waals surface area contributed by atoms with E-state index >= 15 is 0 Å². The summed E-state index contributed by atoms with van der Waals surface area (Å²) in [5, 5.41) is 8.55. The number of amides is 1. The molecule has 1 unspecified atom stereocenters. The van der Waals surface area contributed by atoms with E-state index in [0.29, 0.717) is 19.5 Å². The van der Waals surface area contributed by atoms with Crippen LogP contribution in [0.25, 0.3) is 0 Å². The Kier molecular flexibility index (Phi) is 4.82. The fraction of sp³-hybridized carbons (Fsp3) is 0.636. The number of carboxylic acid groups (broad SMARTS) is 1. The van der Waals surface area contributed by atoms with E-state index in [-0.39, 0.29) is 25.0 Å². The number of nitrogens with zero attached hydrogens (tertiary/aromatic N) is 1. The molecule has 1 aliphatic heterocycles. The van der Waals surface area contributed by atoms with Gasteiger partial charge in [0.05, 0.1) is 0 Å². The van der Waals surface area contributed by atoms with Crippen LogP contribution in [-0.2, 0) is 9.53 Å². The van der Waals surface area contributed by atoms with Crippen molar-refractivity contribution >= 4 is 12.1 Å². The molecule has 0 radical (unpaired) electrons. The minimum atomic E-state index is -0.785. The van der Waals surface area contributed by atoms with Crippen LogP contribution in [0.2, 0.25) is 0 Å². The highest BCUT2D eigenvalue weighted by molar-refractivity contribution is 5.68. The van der Waals surface area contributed by atoms with Crippen LogP contribution in [0.5, 0.6) is 0 Å². The van der Waals surface area contributed by atoms with Gasteiger partial charge in [-0.25, -0.2) is 4.79 Å². The molecule has 1 amide bonds. The third kappa shape index (κ3) is 3.92. The Labute approximate surface area is 94.7 Å². The van der Waals surface area contributed by atoms with Gasteiger partial charge in [0, 0.05) is 19.5 Å². The van der Waals surface area contributed by atoms with Crippen LogP contribution >= 0.6 is 0 Å². The van der Waals surface area contributed by atoms with Gasteiger partial charge in [-0.05, 0) is 18.8 Å². The molecule has 5 heteroatoms. The average molecular weight is 227 g/mol. The summed E-state index contributed by atoms with van der Waals surface area (Å²) >= 11 is 0. The number of carbonyl (C=O) groups excluding carboxylic acids is 1. The number of aliphatic carboxylic acids is 1. The smallest absolute Gasteiger partial charge is 0.410 e. The minimum Gasteiger partial charge on any atom is -0.481 e. The summed E-state index contributed by atoms with van der Waals surface area (Å²) in [6.07, 6.45) is 2.84. The lowest BCUT2D eigenvalue weighted by atomic mass is 10.0. The molecule has 1 heterocycles. The number of carboxylic acids is 1. The normalized spacial score (nSPS) is 19.5. The average Bonchev–Trinajstić information content (AvgIpc) is 2.71. The van der Waals surface area contributed by atoms with Gasteiger partial charge in [0.15, 0.2) is 0 Å². The van der Waals surface area contributed by atoms with E-state index < -0.39 is 5.97 Å². The summed E-state index contributed by atoms with van der Waals surface area (Å²) in [5.74, 6) is -0.500. The fourth-order valence-corrected chi connectivity index (χ4v) is 1.78. The molecule has 1 fully saturated rings. The van der Waals surface area contributed by atoms with Gasteiger partial charge in [-0.2, -0.15) is 0 Å². The first-order valence-corrected chi connectivity index (χ1v) is 5.38. The Balaban J connectivity index is 2.26. The third-order valence-corrected chi connectivity index (χ3v) is 2.64. The van der Waals surface area contributed by atoms with Gasteiger partial charge >= 0.3 is 12.1 Å². The zero-order chi connectivity index (χ0) is 12.0. The summed E-state index contributed by atoms with van der Waals surface area (Å²) in [7, 11) is 0. The van der Waals surface area contributed by atoms with E-state index in [4.69, 9.17) is 9.84 Å². The molecule has 0 aromatic heterocycles. The second-order valence-electron chi connectivity index (χ2n) is 3.90. The first-order valence-electron chi connectivity index (χ1n) is 5.38. The Morgan fingerprint density at radius 1 is 1.56 bits per heavy atom. The van der Waals surface area contributed by atoms with Crippen LogP contribution in [0.1, 0.15) is 19.3 Å². The van der Waals surface area contributed by atoms with E-state index in [2.05, 4.69) is 6.58 Å². The number of likely N-dealkylation sites (tertiary alicyclic amines) is 1. The van der Waals surface area contributed by atoms with E-state index in [9.17, 15) is 9.59 Å². The molecule has 0 aromatic rings. The molecule has 16 heavy (non-hydrogen) atoms. The van der Waals surface area contributed by atoms with Crippen molar-refractivity contribution in [2.75, 3.05) is 19.7 Å². The monoisotopic (exact) mass is 227 g/mol. The summed E-state index contributed by atoms with van der Waals surface area (Å²) in [6, 6.07) is 0. The zero-order valence-electron chi connectivity index (χ0n) is 9.22. The Morgan fingerprint density at radius 3 is 2.94 bits per heavy atom. The standard InChI is InChI=1S/C11H17NO4/c1-2-7-16-11(15)12-6-5-9(8-12)3-4-10(13)14/h2,9H,1,3-8H2,(H,13,14). The van der Waals surface area contributed by atoms with Crippen LogP contribution < -0.4 is 0 Å². The third-order valence-electron chi connectivity index (χ3n) is 2.64. The van der Waals surface area contributed by atoms with Crippen molar-refractivity contribution < 1.29 is 19.4 Å². The lowest BCUT2D eigenvalue weighted by Gasteiger charge is -2.15. The minimum absolute atomic E-state index is 0.167.